The smallest absolute Gasteiger partial charge is 0.407 e. The molecule has 6 nitrogen and oxygen atoms in total. The highest BCUT2D eigenvalue weighted by molar-refractivity contribution is 14.0. The van der Waals surface area contributed by atoms with Gasteiger partial charge in [-0.15, -0.1) is 35.3 Å². The lowest BCUT2D eigenvalue weighted by molar-refractivity contribution is 0.0507. The van der Waals surface area contributed by atoms with Crippen LogP contribution < -0.4 is 10.6 Å². The molecule has 1 aliphatic heterocycles. The van der Waals surface area contributed by atoms with E-state index < -0.39 is 5.60 Å². The number of ether oxygens (including phenoxy) is 1. The highest BCUT2D eigenvalue weighted by Crippen LogP contribution is 2.20. The van der Waals surface area contributed by atoms with Crippen molar-refractivity contribution in [2.75, 3.05) is 26.7 Å². The molecular formula is C18H31IN4O2S. The molecule has 0 spiro atoms. The number of thiophene rings is 1. The Labute approximate surface area is 177 Å². The Balaban J connectivity index is 0.00000338. The zero-order chi connectivity index (χ0) is 18.4. The topological polar surface area (TPSA) is 66.0 Å². The standard InChI is InChI=1S/C18H30N4O2S.HI/c1-13(15-7-6-10-25-15)11-20-16(19-5)22-9-8-14(12-22)21-17(23)24-18(2,3)4;/h6-7,10,13-14H,8-9,11-12H2,1-5H3,(H,19,20)(H,21,23);1H. The Hall–Kier alpha value is -1.03. The van der Waals surface area contributed by atoms with Crippen LogP contribution in [0, 0.1) is 0 Å². The van der Waals surface area contributed by atoms with Gasteiger partial charge >= 0.3 is 6.09 Å². The van der Waals surface area contributed by atoms with Gasteiger partial charge in [0.15, 0.2) is 5.96 Å². The number of halogens is 1. The van der Waals surface area contributed by atoms with Gasteiger partial charge in [0.1, 0.15) is 5.60 Å². The van der Waals surface area contributed by atoms with Crippen LogP contribution in [-0.2, 0) is 4.74 Å². The minimum Gasteiger partial charge on any atom is -0.444 e. The van der Waals surface area contributed by atoms with Crippen molar-refractivity contribution in [3.05, 3.63) is 22.4 Å². The fourth-order valence-corrected chi connectivity index (χ4v) is 3.58. The van der Waals surface area contributed by atoms with Crippen LogP contribution in [0.2, 0.25) is 0 Å². The van der Waals surface area contributed by atoms with E-state index in [9.17, 15) is 4.79 Å². The molecule has 0 radical (unpaired) electrons. The van der Waals surface area contributed by atoms with Gasteiger partial charge in [-0.3, -0.25) is 4.99 Å². The first kappa shape index (κ1) is 23.0. The Bertz CT molecular complexity index is 587. The lowest BCUT2D eigenvalue weighted by atomic mass is 10.1. The number of nitrogens with zero attached hydrogens (tertiary/aromatic N) is 2. The fourth-order valence-electron chi connectivity index (χ4n) is 2.79. The van der Waals surface area contributed by atoms with Gasteiger partial charge in [0, 0.05) is 37.5 Å². The van der Waals surface area contributed by atoms with Crippen molar-refractivity contribution < 1.29 is 9.53 Å². The largest absolute Gasteiger partial charge is 0.444 e. The van der Waals surface area contributed by atoms with E-state index in [1.54, 1.807) is 18.4 Å². The van der Waals surface area contributed by atoms with Crippen LogP contribution in [-0.4, -0.2) is 55.3 Å². The summed E-state index contributed by atoms with van der Waals surface area (Å²) in [5, 5.41) is 8.50. The molecule has 1 aromatic rings. The Morgan fingerprint density at radius 3 is 2.81 bits per heavy atom. The molecule has 2 rings (SSSR count). The van der Waals surface area contributed by atoms with Crippen molar-refractivity contribution in [2.24, 2.45) is 4.99 Å². The summed E-state index contributed by atoms with van der Waals surface area (Å²) in [5.74, 6) is 1.33. The quantitative estimate of drug-likeness (QED) is 0.381. The number of likely N-dealkylation sites (tertiary alicyclic amines) is 1. The number of carbonyl (C=O) groups excluding carboxylic acids is 1. The minimum atomic E-state index is -0.474. The first-order chi connectivity index (χ1) is 11.8. The lowest BCUT2D eigenvalue weighted by Crippen LogP contribution is -2.44. The third kappa shape index (κ3) is 7.30. The number of carbonyl (C=O) groups is 1. The van der Waals surface area contributed by atoms with Crippen molar-refractivity contribution in [1.82, 2.24) is 15.5 Å². The van der Waals surface area contributed by atoms with Crippen molar-refractivity contribution in [2.45, 2.75) is 51.7 Å². The normalized spacial score (nSPS) is 18.9. The highest BCUT2D eigenvalue weighted by atomic mass is 127. The molecule has 0 bridgehead atoms. The van der Waals surface area contributed by atoms with E-state index in [0.29, 0.717) is 5.92 Å². The summed E-state index contributed by atoms with van der Waals surface area (Å²) in [5.41, 5.74) is -0.474. The Morgan fingerprint density at radius 1 is 1.50 bits per heavy atom. The maximum atomic E-state index is 11.9. The summed E-state index contributed by atoms with van der Waals surface area (Å²) in [6.45, 7) is 10.3. The van der Waals surface area contributed by atoms with E-state index in [1.165, 1.54) is 4.88 Å². The van der Waals surface area contributed by atoms with Crippen molar-refractivity contribution in [1.29, 1.82) is 0 Å². The van der Waals surface area contributed by atoms with Crippen LogP contribution in [0.25, 0.3) is 0 Å². The Kier molecular flexibility index (Phi) is 9.15. The minimum absolute atomic E-state index is 0. The molecular weight excluding hydrogens is 463 g/mol. The van der Waals surface area contributed by atoms with Gasteiger partial charge in [-0.25, -0.2) is 4.79 Å². The van der Waals surface area contributed by atoms with Gasteiger partial charge in [0.05, 0.1) is 6.04 Å². The molecule has 1 aliphatic rings. The molecule has 2 heterocycles. The molecule has 0 aromatic carbocycles. The predicted octanol–water partition coefficient (Wildman–Crippen LogP) is 3.64. The molecule has 1 saturated heterocycles. The average Bonchev–Trinajstić information content (AvgIpc) is 3.17. The van der Waals surface area contributed by atoms with Gasteiger partial charge in [0.25, 0.3) is 0 Å². The maximum Gasteiger partial charge on any atom is 0.407 e. The average molecular weight is 494 g/mol. The predicted molar refractivity (Wildman–Crippen MR) is 119 cm³/mol. The number of aliphatic imine (C=N–C) groups is 1. The lowest BCUT2D eigenvalue weighted by Gasteiger charge is -2.24. The van der Waals surface area contributed by atoms with E-state index >= 15 is 0 Å². The number of rotatable bonds is 4. The summed E-state index contributed by atoms with van der Waals surface area (Å²) in [6, 6.07) is 4.33. The zero-order valence-corrected chi connectivity index (χ0v) is 19.4. The fraction of sp³-hybridized carbons (Fsp3) is 0.667. The number of guanidine groups is 1. The second kappa shape index (κ2) is 10.3. The molecule has 148 valence electrons. The molecule has 26 heavy (non-hydrogen) atoms. The highest BCUT2D eigenvalue weighted by Gasteiger charge is 2.28. The number of amides is 1. The van der Waals surface area contributed by atoms with E-state index in [1.807, 2.05) is 20.8 Å². The molecule has 1 fully saturated rings. The molecule has 0 saturated carbocycles. The molecule has 2 atom stereocenters. The third-order valence-electron chi connectivity index (χ3n) is 4.02. The van der Waals surface area contributed by atoms with Crippen LogP contribution in [0.15, 0.2) is 22.5 Å². The molecule has 1 aromatic heterocycles. The number of nitrogens with one attached hydrogen (secondary N) is 2. The van der Waals surface area contributed by atoms with Crippen molar-refractivity contribution in [3.63, 3.8) is 0 Å². The summed E-state index contributed by atoms with van der Waals surface area (Å²) in [4.78, 5) is 19.9. The van der Waals surface area contributed by atoms with Crippen LogP contribution in [0.3, 0.4) is 0 Å². The first-order valence-corrected chi connectivity index (χ1v) is 9.65. The number of alkyl carbamates (subject to hydrolysis) is 1. The molecule has 1 amide bonds. The van der Waals surface area contributed by atoms with Crippen LogP contribution in [0.4, 0.5) is 4.79 Å². The van der Waals surface area contributed by atoms with Crippen LogP contribution in [0.1, 0.15) is 44.9 Å². The maximum absolute atomic E-state index is 11.9. The molecule has 2 unspecified atom stereocenters. The monoisotopic (exact) mass is 494 g/mol. The van der Waals surface area contributed by atoms with Gasteiger partial charge in [-0.2, -0.15) is 0 Å². The summed E-state index contributed by atoms with van der Waals surface area (Å²) in [6.07, 6.45) is 0.536. The van der Waals surface area contributed by atoms with Gasteiger partial charge in [0.2, 0.25) is 0 Å². The van der Waals surface area contributed by atoms with Gasteiger partial charge < -0.3 is 20.3 Å². The van der Waals surface area contributed by atoms with E-state index in [2.05, 4.69) is 45.0 Å². The SMILES string of the molecule is CN=C(NCC(C)c1cccs1)N1CCC(NC(=O)OC(C)(C)C)C1.I. The number of hydrogen-bond acceptors (Lipinski definition) is 4. The Morgan fingerprint density at radius 2 is 2.23 bits per heavy atom. The second-order valence-corrected chi connectivity index (χ2v) is 8.40. The second-order valence-electron chi connectivity index (χ2n) is 7.42. The number of hydrogen-bond donors (Lipinski definition) is 2. The molecule has 8 heteroatoms. The first-order valence-electron chi connectivity index (χ1n) is 8.77. The van der Waals surface area contributed by atoms with E-state index in [0.717, 1.165) is 32.0 Å². The molecule has 0 aliphatic carbocycles. The van der Waals surface area contributed by atoms with Gasteiger partial charge in [-0.1, -0.05) is 13.0 Å². The summed E-state index contributed by atoms with van der Waals surface area (Å²) >= 11 is 1.78. The zero-order valence-electron chi connectivity index (χ0n) is 16.2. The van der Waals surface area contributed by atoms with Crippen LogP contribution in [0.5, 0.6) is 0 Å². The van der Waals surface area contributed by atoms with E-state index in [4.69, 9.17) is 4.74 Å². The summed E-state index contributed by atoms with van der Waals surface area (Å²) < 4.78 is 5.33. The van der Waals surface area contributed by atoms with Gasteiger partial charge in [-0.05, 0) is 38.6 Å². The van der Waals surface area contributed by atoms with Crippen LogP contribution >= 0.6 is 35.3 Å². The molecule has 2 N–H and O–H groups in total. The summed E-state index contributed by atoms with van der Waals surface area (Å²) in [7, 11) is 1.80. The van der Waals surface area contributed by atoms with Crippen molar-refractivity contribution in [3.8, 4) is 0 Å². The van der Waals surface area contributed by atoms with E-state index in [-0.39, 0.29) is 36.1 Å². The van der Waals surface area contributed by atoms with Crippen molar-refractivity contribution >= 4 is 47.4 Å². The third-order valence-corrected chi connectivity index (χ3v) is 5.12.